The molecule has 0 aliphatic carbocycles. The molecule has 0 N–H and O–H groups in total. The summed E-state index contributed by atoms with van der Waals surface area (Å²) in [7, 11) is 0. The third-order valence-electron chi connectivity index (χ3n) is 3.77. The number of hydrogen-bond donors (Lipinski definition) is 0. The lowest BCUT2D eigenvalue weighted by Gasteiger charge is -2.25. The first-order valence-corrected chi connectivity index (χ1v) is 7.13. The van der Waals surface area contributed by atoms with Crippen LogP contribution in [0, 0.1) is 6.92 Å². The molecule has 0 heteroatoms. The minimum Gasteiger partial charge on any atom is -0.0622 e. The average molecular weight is 252 g/mol. The molecular weight excluding hydrogens is 228 g/mol. The second-order valence-electron chi connectivity index (χ2n) is 6.29. The Kier molecular flexibility index (Phi) is 3.80. The monoisotopic (exact) mass is 252 g/mol. The van der Waals surface area contributed by atoms with Gasteiger partial charge in [0.1, 0.15) is 0 Å². The van der Waals surface area contributed by atoms with Crippen LogP contribution in [0.1, 0.15) is 44.4 Å². The van der Waals surface area contributed by atoms with Crippen molar-refractivity contribution in [2.45, 2.75) is 46.5 Å². The molecule has 0 aliphatic heterocycles. The van der Waals surface area contributed by atoms with Crippen molar-refractivity contribution in [1.29, 1.82) is 0 Å². The highest BCUT2D eigenvalue weighted by atomic mass is 14.2. The maximum absolute atomic E-state index is 2.38. The highest BCUT2D eigenvalue weighted by Crippen LogP contribution is 2.34. The zero-order valence-electron chi connectivity index (χ0n) is 12.7. The molecule has 0 bridgehead atoms. The summed E-state index contributed by atoms with van der Waals surface area (Å²) in [5.41, 5.74) is 7.19. The van der Waals surface area contributed by atoms with Gasteiger partial charge in [-0.15, -0.1) is 0 Å². The fraction of sp³-hybridized carbons (Fsp3) is 0.368. The summed E-state index contributed by atoms with van der Waals surface area (Å²) in [6.45, 7) is 11.4. The lowest BCUT2D eigenvalue weighted by atomic mass is 9.80. The van der Waals surface area contributed by atoms with Crippen LogP contribution >= 0.6 is 0 Å². The average Bonchev–Trinajstić information content (AvgIpc) is 2.38. The molecule has 0 heterocycles. The molecule has 2 rings (SSSR count). The zero-order valence-corrected chi connectivity index (χ0v) is 12.7. The summed E-state index contributed by atoms with van der Waals surface area (Å²) in [5, 5.41) is 0. The van der Waals surface area contributed by atoms with E-state index in [1.807, 2.05) is 0 Å². The van der Waals surface area contributed by atoms with Gasteiger partial charge >= 0.3 is 0 Å². The van der Waals surface area contributed by atoms with Gasteiger partial charge in [-0.05, 0) is 46.6 Å². The Morgan fingerprint density at radius 1 is 0.947 bits per heavy atom. The molecule has 0 amide bonds. The largest absolute Gasteiger partial charge is 0.0622 e. The van der Waals surface area contributed by atoms with Crippen LogP contribution in [0.2, 0.25) is 0 Å². The van der Waals surface area contributed by atoms with Crippen molar-refractivity contribution >= 4 is 0 Å². The van der Waals surface area contributed by atoms with Gasteiger partial charge in [-0.3, -0.25) is 0 Å². The van der Waals surface area contributed by atoms with Crippen LogP contribution < -0.4 is 0 Å². The topological polar surface area (TPSA) is 0 Å². The van der Waals surface area contributed by atoms with Crippen LogP contribution in [0.4, 0.5) is 0 Å². The van der Waals surface area contributed by atoms with Gasteiger partial charge in [0.15, 0.2) is 0 Å². The first-order valence-electron chi connectivity index (χ1n) is 7.13. The van der Waals surface area contributed by atoms with Gasteiger partial charge in [-0.1, -0.05) is 70.2 Å². The Bertz CT molecular complexity index is 557. The van der Waals surface area contributed by atoms with Gasteiger partial charge in [0.2, 0.25) is 0 Å². The summed E-state index contributed by atoms with van der Waals surface area (Å²) >= 11 is 0. The Hall–Kier alpha value is -1.56. The van der Waals surface area contributed by atoms with E-state index in [1.165, 1.54) is 27.8 Å². The lowest BCUT2D eigenvalue weighted by Crippen LogP contribution is -2.14. The predicted octanol–water partition coefficient (Wildman–Crippen LogP) is 5.52. The fourth-order valence-corrected chi connectivity index (χ4v) is 2.67. The van der Waals surface area contributed by atoms with Gasteiger partial charge in [0.25, 0.3) is 0 Å². The van der Waals surface area contributed by atoms with Gasteiger partial charge in [-0.25, -0.2) is 0 Å². The van der Waals surface area contributed by atoms with Crippen molar-refractivity contribution < 1.29 is 0 Å². The van der Waals surface area contributed by atoms with E-state index in [-0.39, 0.29) is 5.41 Å². The molecule has 0 saturated heterocycles. The van der Waals surface area contributed by atoms with Gasteiger partial charge in [-0.2, -0.15) is 0 Å². The molecule has 2 aromatic rings. The van der Waals surface area contributed by atoms with Crippen LogP contribution in [0.3, 0.4) is 0 Å². The minimum absolute atomic E-state index is 0.193. The highest BCUT2D eigenvalue weighted by Gasteiger charge is 2.19. The summed E-state index contributed by atoms with van der Waals surface area (Å²) in [5.74, 6) is 0. The van der Waals surface area contributed by atoms with Crippen molar-refractivity contribution in [1.82, 2.24) is 0 Å². The molecule has 0 saturated carbocycles. The summed E-state index contributed by atoms with van der Waals surface area (Å²) in [6.07, 6.45) is 1.09. The summed E-state index contributed by atoms with van der Waals surface area (Å²) < 4.78 is 0. The first-order chi connectivity index (χ1) is 8.93. The van der Waals surface area contributed by atoms with E-state index in [4.69, 9.17) is 0 Å². The molecule has 0 aliphatic rings. The van der Waals surface area contributed by atoms with E-state index in [0.29, 0.717) is 0 Å². The molecule has 100 valence electrons. The Labute approximate surface area is 117 Å². The molecule has 0 unspecified atom stereocenters. The third-order valence-corrected chi connectivity index (χ3v) is 3.77. The van der Waals surface area contributed by atoms with Gasteiger partial charge in [0, 0.05) is 0 Å². The van der Waals surface area contributed by atoms with Crippen molar-refractivity contribution in [2.75, 3.05) is 0 Å². The third kappa shape index (κ3) is 2.89. The van der Waals surface area contributed by atoms with Crippen molar-refractivity contribution in [3.05, 3.63) is 59.2 Å². The second kappa shape index (κ2) is 5.21. The smallest absolute Gasteiger partial charge is 0.0129 e. The van der Waals surface area contributed by atoms with E-state index in [0.717, 1.165) is 6.42 Å². The van der Waals surface area contributed by atoms with Crippen molar-refractivity contribution in [2.24, 2.45) is 0 Å². The predicted molar refractivity (Wildman–Crippen MR) is 84.7 cm³/mol. The van der Waals surface area contributed by atoms with Crippen LogP contribution in [0.25, 0.3) is 11.1 Å². The molecular formula is C19H24. The van der Waals surface area contributed by atoms with E-state index < -0.39 is 0 Å². The molecule has 0 fully saturated rings. The van der Waals surface area contributed by atoms with Crippen LogP contribution in [0.15, 0.2) is 42.5 Å². The van der Waals surface area contributed by atoms with E-state index in [9.17, 15) is 0 Å². The summed E-state index contributed by atoms with van der Waals surface area (Å²) in [6, 6.07) is 15.4. The number of hydrogen-bond acceptors (Lipinski definition) is 0. The maximum Gasteiger partial charge on any atom is -0.0129 e. The van der Waals surface area contributed by atoms with E-state index in [1.54, 1.807) is 0 Å². The Balaban J connectivity index is 2.68. The molecule has 0 aromatic heterocycles. The van der Waals surface area contributed by atoms with Crippen LogP contribution in [-0.2, 0) is 11.8 Å². The van der Waals surface area contributed by atoms with Crippen molar-refractivity contribution in [3.8, 4) is 11.1 Å². The highest BCUT2D eigenvalue weighted by molar-refractivity contribution is 5.70. The Morgan fingerprint density at radius 2 is 1.58 bits per heavy atom. The van der Waals surface area contributed by atoms with Crippen LogP contribution in [0.5, 0.6) is 0 Å². The van der Waals surface area contributed by atoms with Crippen molar-refractivity contribution in [3.63, 3.8) is 0 Å². The molecule has 19 heavy (non-hydrogen) atoms. The lowest BCUT2D eigenvalue weighted by molar-refractivity contribution is 0.585. The molecule has 2 aromatic carbocycles. The molecule has 0 radical (unpaired) electrons. The number of benzene rings is 2. The SMILES string of the molecule is CCc1cc(-c2ccccc2)c(C)c(C(C)(C)C)c1. The maximum atomic E-state index is 2.38. The number of aryl methyl sites for hydroxylation is 1. The van der Waals surface area contributed by atoms with Crippen LogP contribution in [-0.4, -0.2) is 0 Å². The second-order valence-corrected chi connectivity index (χ2v) is 6.29. The quantitative estimate of drug-likeness (QED) is 0.660. The zero-order chi connectivity index (χ0) is 14.0. The van der Waals surface area contributed by atoms with E-state index >= 15 is 0 Å². The first kappa shape index (κ1) is 13.9. The fourth-order valence-electron chi connectivity index (χ4n) is 2.67. The van der Waals surface area contributed by atoms with Gasteiger partial charge in [0.05, 0.1) is 0 Å². The van der Waals surface area contributed by atoms with E-state index in [2.05, 4.69) is 77.1 Å². The number of rotatable bonds is 2. The molecule has 0 spiro atoms. The molecule has 0 atom stereocenters. The normalized spacial score (nSPS) is 11.6. The Morgan fingerprint density at radius 3 is 2.11 bits per heavy atom. The summed E-state index contributed by atoms with van der Waals surface area (Å²) in [4.78, 5) is 0. The molecule has 0 nitrogen and oxygen atoms in total. The van der Waals surface area contributed by atoms with Gasteiger partial charge < -0.3 is 0 Å². The minimum atomic E-state index is 0.193. The standard InChI is InChI=1S/C19H24/c1-6-15-12-17(16-10-8-7-9-11-16)14(2)18(13-15)19(3,4)5/h7-13H,6H2,1-5H3.